The molecule has 0 atom stereocenters. The number of halogens is 4. The van der Waals surface area contributed by atoms with Gasteiger partial charge in [-0.05, 0) is 48.9 Å². The standard InChI is InChI=1S/2C18H30O.4ClH.O.W/c2*1-2-3-4-5-6-7-8-9-10-11-14-17-15-12-13-16-18(17)19;;;;;;/h2*12-13,15-16,19H,2-11,14H2,1H3;4*1H;;/q;;;;;;;+4/p-4. The van der Waals surface area contributed by atoms with Gasteiger partial charge in [-0.3, -0.25) is 0 Å². The zero-order valence-corrected chi connectivity index (χ0v) is 33.4. The molecule has 0 aliphatic carbocycles. The maximum absolute atomic E-state index is 9.65. The van der Waals surface area contributed by atoms with Crippen molar-refractivity contribution >= 4 is 0 Å². The SMILES string of the molecule is CCCCCCCCCCCCc1ccccc1O.CCCCCCCCCCCCc1ccccc1O.[Cl-].[Cl-].[Cl-].[Cl-].[O]=[W+4]. The first kappa shape index (κ1) is 53.2. The molecule has 2 aromatic rings. The number of hydrogen-bond donors (Lipinski definition) is 2. The van der Waals surface area contributed by atoms with E-state index in [0.717, 1.165) is 24.0 Å². The Morgan fingerprint density at radius 3 is 0.886 bits per heavy atom. The average molecular weight is 867 g/mol. The number of benzene rings is 2. The molecule has 0 spiro atoms. The molecule has 0 saturated carbocycles. The Bertz CT molecular complexity index is 749. The van der Waals surface area contributed by atoms with Gasteiger partial charge in [0.2, 0.25) is 0 Å². The quantitative estimate of drug-likeness (QED) is 0.159. The van der Waals surface area contributed by atoms with E-state index in [2.05, 4.69) is 13.8 Å². The van der Waals surface area contributed by atoms with Crippen LogP contribution in [0.2, 0.25) is 0 Å². The number of phenolic OH excluding ortho intramolecular Hbond substituents is 2. The van der Waals surface area contributed by atoms with Crippen LogP contribution in [0.3, 0.4) is 0 Å². The van der Waals surface area contributed by atoms with E-state index >= 15 is 0 Å². The van der Waals surface area contributed by atoms with Crippen molar-refractivity contribution in [2.24, 2.45) is 0 Å². The number of unbranched alkanes of at least 4 members (excludes halogenated alkanes) is 18. The fraction of sp³-hybridized carbons (Fsp3) is 0.667. The summed E-state index contributed by atoms with van der Waals surface area (Å²) >= 11 is 0.333. The summed E-state index contributed by atoms with van der Waals surface area (Å²) in [7, 11) is 0. The first-order chi connectivity index (χ1) is 19.7. The van der Waals surface area contributed by atoms with Crippen molar-refractivity contribution in [1.82, 2.24) is 0 Å². The summed E-state index contributed by atoms with van der Waals surface area (Å²) in [5, 5.41) is 19.3. The van der Waals surface area contributed by atoms with Gasteiger partial charge in [0.1, 0.15) is 11.5 Å². The number of aromatic hydroxyl groups is 2. The Hall–Kier alpha value is -0.312. The van der Waals surface area contributed by atoms with Gasteiger partial charge in [0, 0.05) is 0 Å². The summed E-state index contributed by atoms with van der Waals surface area (Å²) < 4.78 is 8.33. The predicted molar refractivity (Wildman–Crippen MR) is 168 cm³/mol. The van der Waals surface area contributed by atoms with Crippen LogP contribution < -0.4 is 49.6 Å². The average Bonchev–Trinajstić information content (AvgIpc) is 2.98. The number of aryl methyl sites for hydroxylation is 2. The van der Waals surface area contributed by atoms with Crippen LogP contribution in [0, 0.1) is 0 Å². The van der Waals surface area contributed by atoms with Gasteiger partial charge in [-0.2, -0.15) is 0 Å². The summed E-state index contributed by atoms with van der Waals surface area (Å²) in [6, 6.07) is 15.4. The van der Waals surface area contributed by atoms with Crippen LogP contribution >= 0.6 is 0 Å². The number of para-hydroxylation sites is 2. The maximum atomic E-state index is 9.65. The van der Waals surface area contributed by atoms with E-state index in [4.69, 9.17) is 3.40 Å². The summed E-state index contributed by atoms with van der Waals surface area (Å²) in [5.41, 5.74) is 2.20. The second-order valence-electron chi connectivity index (χ2n) is 11.1. The number of hydrogen-bond acceptors (Lipinski definition) is 3. The van der Waals surface area contributed by atoms with E-state index in [0.29, 0.717) is 31.3 Å². The molecule has 44 heavy (non-hydrogen) atoms. The van der Waals surface area contributed by atoms with Crippen molar-refractivity contribution < 1.29 is 83.0 Å². The molecule has 0 aromatic heterocycles. The van der Waals surface area contributed by atoms with Crippen molar-refractivity contribution in [3.05, 3.63) is 59.7 Å². The summed E-state index contributed by atoms with van der Waals surface area (Å²) in [6.07, 6.45) is 29.3. The number of rotatable bonds is 22. The Morgan fingerprint density at radius 1 is 0.409 bits per heavy atom. The topological polar surface area (TPSA) is 57.5 Å². The molecule has 0 unspecified atom stereocenters. The third-order valence-electron chi connectivity index (χ3n) is 7.58. The van der Waals surface area contributed by atoms with Gasteiger partial charge in [-0.15, -0.1) is 0 Å². The molecule has 3 nitrogen and oxygen atoms in total. The van der Waals surface area contributed by atoms with Gasteiger partial charge in [-0.25, -0.2) is 0 Å². The second-order valence-corrected chi connectivity index (χ2v) is 11.1. The summed E-state index contributed by atoms with van der Waals surface area (Å²) in [4.78, 5) is 0. The molecule has 8 heteroatoms. The fourth-order valence-electron chi connectivity index (χ4n) is 5.05. The first-order valence-electron chi connectivity index (χ1n) is 16.4. The molecule has 0 radical (unpaired) electrons. The van der Waals surface area contributed by atoms with E-state index in [-0.39, 0.29) is 49.6 Å². The van der Waals surface area contributed by atoms with Gasteiger partial charge in [-0.1, -0.05) is 166 Å². The van der Waals surface area contributed by atoms with Gasteiger partial charge >= 0.3 is 23.2 Å². The Balaban J connectivity index is -0.000000201. The Labute approximate surface area is 307 Å². The molecule has 2 aromatic carbocycles. The van der Waals surface area contributed by atoms with Crippen molar-refractivity contribution in [1.29, 1.82) is 0 Å². The van der Waals surface area contributed by atoms with Crippen LogP contribution in [-0.4, -0.2) is 10.2 Å². The zero-order chi connectivity index (χ0) is 29.5. The first-order valence-corrected chi connectivity index (χ1v) is 17.6. The second kappa shape index (κ2) is 42.7. The van der Waals surface area contributed by atoms with Gasteiger partial charge < -0.3 is 59.8 Å². The van der Waals surface area contributed by atoms with Gasteiger partial charge in [0.25, 0.3) is 0 Å². The van der Waals surface area contributed by atoms with Gasteiger partial charge in [0.15, 0.2) is 0 Å². The van der Waals surface area contributed by atoms with Crippen LogP contribution in [0.1, 0.15) is 153 Å². The van der Waals surface area contributed by atoms with Crippen LogP contribution in [0.25, 0.3) is 0 Å². The minimum atomic E-state index is 0. The minimum absolute atomic E-state index is 0. The third-order valence-corrected chi connectivity index (χ3v) is 7.58. The van der Waals surface area contributed by atoms with Crippen molar-refractivity contribution in [3.63, 3.8) is 0 Å². The molecule has 0 amide bonds. The van der Waals surface area contributed by atoms with Crippen LogP contribution in [-0.2, 0) is 36.0 Å². The Kier molecular flexibility index (Phi) is 51.6. The van der Waals surface area contributed by atoms with Crippen LogP contribution in [0.4, 0.5) is 0 Å². The molecule has 2 rings (SSSR count). The molecule has 0 aliphatic rings. The van der Waals surface area contributed by atoms with Crippen LogP contribution in [0.5, 0.6) is 11.5 Å². The zero-order valence-electron chi connectivity index (χ0n) is 27.4. The normalized spacial score (nSPS) is 9.45. The Morgan fingerprint density at radius 2 is 0.636 bits per heavy atom. The molecule has 0 saturated heterocycles. The van der Waals surface area contributed by atoms with Crippen molar-refractivity contribution in [2.45, 2.75) is 155 Å². The molecule has 256 valence electrons. The fourth-order valence-corrected chi connectivity index (χ4v) is 5.05. The van der Waals surface area contributed by atoms with E-state index in [1.807, 2.05) is 36.4 Å². The molecular formula is C36H60Cl4O3W. The van der Waals surface area contributed by atoms with Crippen molar-refractivity contribution in [3.8, 4) is 11.5 Å². The summed E-state index contributed by atoms with van der Waals surface area (Å²) in [5.74, 6) is 0.914. The predicted octanol–water partition coefficient (Wildman–Crippen LogP) is -0.394. The van der Waals surface area contributed by atoms with E-state index in [1.165, 1.54) is 128 Å². The number of phenols is 2. The molecule has 0 bridgehead atoms. The molecule has 2 N–H and O–H groups in total. The third kappa shape index (κ3) is 33.1. The molecular weight excluding hydrogens is 806 g/mol. The molecule has 0 fully saturated rings. The van der Waals surface area contributed by atoms with E-state index in [1.54, 1.807) is 12.1 Å². The molecule has 0 heterocycles. The van der Waals surface area contributed by atoms with E-state index < -0.39 is 0 Å². The van der Waals surface area contributed by atoms with E-state index in [9.17, 15) is 10.2 Å². The van der Waals surface area contributed by atoms with Crippen molar-refractivity contribution in [2.75, 3.05) is 0 Å². The van der Waals surface area contributed by atoms with Gasteiger partial charge in [0.05, 0.1) is 0 Å². The molecule has 0 aliphatic heterocycles. The van der Waals surface area contributed by atoms with Crippen LogP contribution in [0.15, 0.2) is 48.5 Å². The summed E-state index contributed by atoms with van der Waals surface area (Å²) in [6.45, 7) is 4.54. The monoisotopic (exact) mass is 864 g/mol.